The van der Waals surface area contributed by atoms with Crippen LogP contribution in [0.1, 0.15) is 64.7 Å². The lowest BCUT2D eigenvalue weighted by Gasteiger charge is -2.38. The molecule has 0 spiro atoms. The van der Waals surface area contributed by atoms with Crippen LogP contribution >= 0.6 is 0 Å². The molecule has 106 valence electrons. The zero-order chi connectivity index (χ0) is 13.0. The van der Waals surface area contributed by atoms with E-state index in [4.69, 9.17) is 10.5 Å². The number of ether oxygens (including phenoxy) is 1. The van der Waals surface area contributed by atoms with Gasteiger partial charge in [-0.1, -0.05) is 6.92 Å². The van der Waals surface area contributed by atoms with Gasteiger partial charge in [0.25, 0.3) is 0 Å². The van der Waals surface area contributed by atoms with Crippen LogP contribution in [0.25, 0.3) is 0 Å². The summed E-state index contributed by atoms with van der Waals surface area (Å²) in [4.78, 5) is 0. The molecule has 2 heteroatoms. The molecule has 0 aromatic rings. The predicted octanol–water partition coefficient (Wildman–Crippen LogP) is 3.74. The van der Waals surface area contributed by atoms with Crippen LogP contribution in [-0.4, -0.2) is 19.3 Å². The molecule has 18 heavy (non-hydrogen) atoms. The molecule has 0 aromatic heterocycles. The topological polar surface area (TPSA) is 35.2 Å². The first-order valence-electron chi connectivity index (χ1n) is 8.03. The molecule has 2 rings (SSSR count). The van der Waals surface area contributed by atoms with Crippen LogP contribution in [0.5, 0.6) is 0 Å². The summed E-state index contributed by atoms with van der Waals surface area (Å²) in [6, 6.07) is 0.454. The summed E-state index contributed by atoms with van der Waals surface area (Å²) < 4.78 is 5.47. The first-order valence-corrected chi connectivity index (χ1v) is 8.03. The molecule has 0 saturated heterocycles. The number of rotatable bonds is 4. The molecule has 2 fully saturated rings. The SMILES string of the molecule is CCC(N)C1CCC(C2CCC(OC)CC2)CC1. The van der Waals surface area contributed by atoms with E-state index in [0.29, 0.717) is 12.1 Å². The molecule has 2 aliphatic carbocycles. The zero-order valence-electron chi connectivity index (χ0n) is 12.2. The Hall–Kier alpha value is -0.0800. The molecule has 0 radical (unpaired) electrons. The van der Waals surface area contributed by atoms with Crippen molar-refractivity contribution in [1.29, 1.82) is 0 Å². The normalized spacial score (nSPS) is 39.5. The average Bonchev–Trinajstić information content (AvgIpc) is 2.47. The second kappa shape index (κ2) is 6.91. The van der Waals surface area contributed by atoms with Crippen molar-refractivity contribution in [3.8, 4) is 0 Å². The quantitative estimate of drug-likeness (QED) is 0.828. The van der Waals surface area contributed by atoms with E-state index in [1.807, 2.05) is 7.11 Å². The Bertz CT molecular complexity index is 227. The lowest BCUT2D eigenvalue weighted by atomic mass is 9.69. The van der Waals surface area contributed by atoms with Gasteiger partial charge in [0.2, 0.25) is 0 Å². The van der Waals surface area contributed by atoms with E-state index in [-0.39, 0.29) is 0 Å². The molecule has 0 aromatic carbocycles. The van der Waals surface area contributed by atoms with Gasteiger partial charge in [-0.2, -0.15) is 0 Å². The van der Waals surface area contributed by atoms with Crippen molar-refractivity contribution in [2.75, 3.05) is 7.11 Å². The van der Waals surface area contributed by atoms with E-state index in [0.717, 1.165) is 24.2 Å². The highest BCUT2D eigenvalue weighted by molar-refractivity contribution is 4.84. The first-order chi connectivity index (χ1) is 8.74. The summed E-state index contributed by atoms with van der Waals surface area (Å²) in [7, 11) is 1.86. The fourth-order valence-corrected chi connectivity index (χ4v) is 4.17. The lowest BCUT2D eigenvalue weighted by molar-refractivity contribution is 0.0386. The van der Waals surface area contributed by atoms with Crippen molar-refractivity contribution in [2.45, 2.75) is 76.9 Å². The number of hydrogen-bond donors (Lipinski definition) is 1. The van der Waals surface area contributed by atoms with Crippen LogP contribution in [0.3, 0.4) is 0 Å². The largest absolute Gasteiger partial charge is 0.381 e. The molecule has 1 atom stereocenters. The van der Waals surface area contributed by atoms with Crippen LogP contribution in [0.15, 0.2) is 0 Å². The van der Waals surface area contributed by atoms with Gasteiger partial charge in [0.05, 0.1) is 6.10 Å². The van der Waals surface area contributed by atoms with Crippen molar-refractivity contribution < 1.29 is 4.74 Å². The minimum Gasteiger partial charge on any atom is -0.381 e. The average molecular weight is 253 g/mol. The van der Waals surface area contributed by atoms with E-state index >= 15 is 0 Å². The molecular weight excluding hydrogens is 222 g/mol. The van der Waals surface area contributed by atoms with Gasteiger partial charge in [-0.25, -0.2) is 0 Å². The third-order valence-corrected chi connectivity index (χ3v) is 5.61. The Kier molecular flexibility index (Phi) is 5.50. The third-order valence-electron chi connectivity index (χ3n) is 5.61. The number of nitrogens with two attached hydrogens (primary N) is 1. The summed E-state index contributed by atoms with van der Waals surface area (Å²) in [6.07, 6.45) is 12.7. The van der Waals surface area contributed by atoms with Crippen LogP contribution in [0, 0.1) is 17.8 Å². The van der Waals surface area contributed by atoms with Gasteiger partial charge in [-0.15, -0.1) is 0 Å². The smallest absolute Gasteiger partial charge is 0.0571 e. The Labute approximate surface area is 113 Å². The van der Waals surface area contributed by atoms with Crippen molar-refractivity contribution >= 4 is 0 Å². The van der Waals surface area contributed by atoms with Gasteiger partial charge in [0, 0.05) is 13.2 Å². The first kappa shape index (κ1) is 14.3. The molecule has 2 saturated carbocycles. The van der Waals surface area contributed by atoms with E-state index in [1.54, 1.807) is 0 Å². The zero-order valence-corrected chi connectivity index (χ0v) is 12.2. The van der Waals surface area contributed by atoms with E-state index < -0.39 is 0 Å². The van der Waals surface area contributed by atoms with Crippen molar-refractivity contribution in [1.82, 2.24) is 0 Å². The fourth-order valence-electron chi connectivity index (χ4n) is 4.17. The standard InChI is InChI=1S/C16H31NO/c1-3-16(17)14-6-4-12(5-7-14)13-8-10-15(18-2)11-9-13/h12-16H,3-11,17H2,1-2H3. The fraction of sp³-hybridized carbons (Fsp3) is 1.00. The monoisotopic (exact) mass is 253 g/mol. The molecule has 2 N–H and O–H groups in total. The van der Waals surface area contributed by atoms with E-state index in [1.165, 1.54) is 51.4 Å². The van der Waals surface area contributed by atoms with Crippen LogP contribution < -0.4 is 5.73 Å². The van der Waals surface area contributed by atoms with Gasteiger partial charge < -0.3 is 10.5 Å². The summed E-state index contributed by atoms with van der Waals surface area (Å²) in [5, 5.41) is 0. The Morgan fingerprint density at radius 1 is 0.944 bits per heavy atom. The second-order valence-corrected chi connectivity index (χ2v) is 6.52. The van der Waals surface area contributed by atoms with Gasteiger partial charge >= 0.3 is 0 Å². The van der Waals surface area contributed by atoms with Crippen LogP contribution in [0.2, 0.25) is 0 Å². The molecular formula is C16H31NO. The molecule has 0 heterocycles. The maximum absolute atomic E-state index is 6.19. The maximum Gasteiger partial charge on any atom is 0.0571 e. The third kappa shape index (κ3) is 3.48. The molecule has 1 unspecified atom stereocenters. The van der Waals surface area contributed by atoms with E-state index in [9.17, 15) is 0 Å². The highest BCUT2D eigenvalue weighted by Gasteiger charge is 2.31. The van der Waals surface area contributed by atoms with Gasteiger partial charge in [0.1, 0.15) is 0 Å². The summed E-state index contributed by atoms with van der Waals surface area (Å²) in [5.41, 5.74) is 6.19. The predicted molar refractivity (Wildman–Crippen MR) is 76.5 cm³/mol. The summed E-state index contributed by atoms with van der Waals surface area (Å²) in [6.45, 7) is 2.22. The molecule has 2 aliphatic rings. The molecule has 2 nitrogen and oxygen atoms in total. The number of methoxy groups -OCH3 is 1. The van der Waals surface area contributed by atoms with Gasteiger partial charge in [-0.3, -0.25) is 0 Å². The Morgan fingerprint density at radius 2 is 1.44 bits per heavy atom. The Balaban J connectivity index is 1.73. The minimum atomic E-state index is 0.454. The lowest BCUT2D eigenvalue weighted by Crippen LogP contribution is -2.34. The number of hydrogen-bond acceptors (Lipinski definition) is 2. The van der Waals surface area contributed by atoms with E-state index in [2.05, 4.69) is 6.92 Å². The summed E-state index contributed by atoms with van der Waals surface area (Å²) >= 11 is 0. The van der Waals surface area contributed by atoms with Crippen LogP contribution in [-0.2, 0) is 4.74 Å². The summed E-state index contributed by atoms with van der Waals surface area (Å²) in [5.74, 6) is 2.78. The van der Waals surface area contributed by atoms with Gasteiger partial charge in [0.15, 0.2) is 0 Å². The Morgan fingerprint density at radius 3 is 1.89 bits per heavy atom. The van der Waals surface area contributed by atoms with Gasteiger partial charge in [-0.05, 0) is 75.5 Å². The van der Waals surface area contributed by atoms with Crippen molar-refractivity contribution in [2.24, 2.45) is 23.5 Å². The molecule has 0 aliphatic heterocycles. The highest BCUT2D eigenvalue weighted by Crippen LogP contribution is 2.41. The maximum atomic E-state index is 6.19. The molecule has 0 amide bonds. The van der Waals surface area contributed by atoms with Crippen molar-refractivity contribution in [3.63, 3.8) is 0 Å². The second-order valence-electron chi connectivity index (χ2n) is 6.52. The molecule has 0 bridgehead atoms. The minimum absolute atomic E-state index is 0.454. The van der Waals surface area contributed by atoms with Crippen LogP contribution in [0.4, 0.5) is 0 Å². The van der Waals surface area contributed by atoms with Crippen molar-refractivity contribution in [3.05, 3.63) is 0 Å². The highest BCUT2D eigenvalue weighted by atomic mass is 16.5.